The molecule has 0 saturated carbocycles. The maximum absolute atomic E-state index is 5.43. The topological polar surface area (TPSA) is 35.2 Å². The minimum Gasteiger partial charge on any atom is -0.373 e. The summed E-state index contributed by atoms with van der Waals surface area (Å²) >= 11 is 0. The van der Waals surface area contributed by atoms with E-state index in [4.69, 9.17) is 10.5 Å². The van der Waals surface area contributed by atoms with Crippen molar-refractivity contribution in [2.24, 2.45) is 5.73 Å². The SMILES string of the molecule is C=C(C)C(C)(CN)OC. The molecule has 0 fully saturated rings. The lowest BCUT2D eigenvalue weighted by Crippen LogP contribution is -2.37. The highest BCUT2D eigenvalue weighted by atomic mass is 16.5. The normalized spacial score (nSPS) is 16.9. The smallest absolute Gasteiger partial charge is 0.0976 e. The summed E-state index contributed by atoms with van der Waals surface area (Å²) < 4.78 is 5.12. The van der Waals surface area contributed by atoms with Gasteiger partial charge in [0.2, 0.25) is 0 Å². The van der Waals surface area contributed by atoms with Gasteiger partial charge in [-0.25, -0.2) is 0 Å². The molecule has 0 aliphatic rings. The quantitative estimate of drug-likeness (QED) is 0.575. The Labute approximate surface area is 56.7 Å². The van der Waals surface area contributed by atoms with Crippen LogP contribution in [0.4, 0.5) is 0 Å². The van der Waals surface area contributed by atoms with Crippen molar-refractivity contribution in [2.45, 2.75) is 19.4 Å². The minimum atomic E-state index is -0.333. The van der Waals surface area contributed by atoms with Crippen LogP contribution in [0.2, 0.25) is 0 Å². The second kappa shape index (κ2) is 2.99. The van der Waals surface area contributed by atoms with Crippen LogP contribution in [0.15, 0.2) is 12.2 Å². The molecule has 0 saturated heterocycles. The third-order valence-corrected chi connectivity index (χ3v) is 1.74. The highest BCUT2D eigenvalue weighted by Gasteiger charge is 2.21. The first kappa shape index (κ1) is 8.66. The van der Waals surface area contributed by atoms with Crippen LogP contribution >= 0.6 is 0 Å². The molecule has 2 nitrogen and oxygen atoms in total. The van der Waals surface area contributed by atoms with Crippen LogP contribution in [-0.2, 0) is 4.74 Å². The molecular formula is C7H15NO. The highest BCUT2D eigenvalue weighted by Crippen LogP contribution is 2.15. The molecule has 2 heteroatoms. The fraction of sp³-hybridized carbons (Fsp3) is 0.714. The summed E-state index contributed by atoms with van der Waals surface area (Å²) in [5.41, 5.74) is 6.06. The Morgan fingerprint density at radius 3 is 2.22 bits per heavy atom. The summed E-state index contributed by atoms with van der Waals surface area (Å²) in [6.45, 7) is 8.09. The fourth-order valence-electron chi connectivity index (χ4n) is 0.432. The fourth-order valence-corrected chi connectivity index (χ4v) is 0.432. The number of ether oxygens (including phenoxy) is 1. The van der Waals surface area contributed by atoms with E-state index in [1.165, 1.54) is 0 Å². The summed E-state index contributed by atoms with van der Waals surface area (Å²) in [6, 6.07) is 0. The van der Waals surface area contributed by atoms with Gasteiger partial charge >= 0.3 is 0 Å². The summed E-state index contributed by atoms with van der Waals surface area (Å²) in [5, 5.41) is 0. The summed E-state index contributed by atoms with van der Waals surface area (Å²) in [7, 11) is 1.64. The van der Waals surface area contributed by atoms with Crippen LogP contribution in [0.1, 0.15) is 13.8 Å². The van der Waals surface area contributed by atoms with Gasteiger partial charge in [0.05, 0.1) is 5.60 Å². The van der Waals surface area contributed by atoms with Gasteiger partial charge in [-0.05, 0) is 19.4 Å². The number of hydrogen-bond donors (Lipinski definition) is 1. The van der Waals surface area contributed by atoms with Crippen LogP contribution in [0.25, 0.3) is 0 Å². The molecule has 0 aromatic carbocycles. The van der Waals surface area contributed by atoms with Crippen molar-refractivity contribution in [1.29, 1.82) is 0 Å². The summed E-state index contributed by atoms with van der Waals surface area (Å²) in [5.74, 6) is 0. The van der Waals surface area contributed by atoms with Gasteiger partial charge in [0, 0.05) is 13.7 Å². The van der Waals surface area contributed by atoms with Gasteiger partial charge in [-0.1, -0.05) is 6.58 Å². The lowest BCUT2D eigenvalue weighted by Gasteiger charge is -2.26. The Bertz CT molecular complexity index is 105. The molecule has 1 unspecified atom stereocenters. The van der Waals surface area contributed by atoms with Crippen molar-refractivity contribution in [3.05, 3.63) is 12.2 Å². The molecule has 0 radical (unpaired) electrons. The van der Waals surface area contributed by atoms with E-state index in [2.05, 4.69) is 6.58 Å². The predicted molar refractivity (Wildman–Crippen MR) is 39.3 cm³/mol. The van der Waals surface area contributed by atoms with Crippen molar-refractivity contribution >= 4 is 0 Å². The highest BCUT2D eigenvalue weighted by molar-refractivity contribution is 5.08. The molecule has 0 spiro atoms. The molecule has 2 N–H and O–H groups in total. The third kappa shape index (κ3) is 1.80. The molecule has 0 aliphatic carbocycles. The van der Waals surface area contributed by atoms with Gasteiger partial charge in [0.25, 0.3) is 0 Å². The van der Waals surface area contributed by atoms with Gasteiger partial charge in [-0.3, -0.25) is 0 Å². The second-order valence-electron chi connectivity index (χ2n) is 2.42. The molecule has 0 aromatic heterocycles. The molecule has 0 rings (SSSR count). The van der Waals surface area contributed by atoms with E-state index >= 15 is 0 Å². The molecule has 0 amide bonds. The van der Waals surface area contributed by atoms with E-state index in [-0.39, 0.29) is 5.60 Å². The second-order valence-corrected chi connectivity index (χ2v) is 2.42. The van der Waals surface area contributed by atoms with Crippen molar-refractivity contribution in [3.8, 4) is 0 Å². The maximum Gasteiger partial charge on any atom is 0.0976 e. The number of nitrogens with two attached hydrogens (primary N) is 1. The molecular weight excluding hydrogens is 114 g/mol. The van der Waals surface area contributed by atoms with E-state index in [1.807, 2.05) is 13.8 Å². The molecule has 0 heterocycles. The minimum absolute atomic E-state index is 0.333. The predicted octanol–water partition coefficient (Wildman–Crippen LogP) is 0.926. The Balaban J connectivity index is 4.09. The standard InChI is InChI=1S/C7H15NO/c1-6(2)7(3,5-8)9-4/h1,5,8H2,2-4H3. The van der Waals surface area contributed by atoms with Gasteiger partial charge in [0.15, 0.2) is 0 Å². The van der Waals surface area contributed by atoms with E-state index in [9.17, 15) is 0 Å². The van der Waals surface area contributed by atoms with Gasteiger partial charge in [-0.2, -0.15) is 0 Å². The Hall–Kier alpha value is -0.340. The number of methoxy groups -OCH3 is 1. The van der Waals surface area contributed by atoms with Crippen molar-refractivity contribution in [2.75, 3.05) is 13.7 Å². The largest absolute Gasteiger partial charge is 0.373 e. The molecule has 0 aliphatic heterocycles. The number of hydrogen-bond acceptors (Lipinski definition) is 2. The molecule has 9 heavy (non-hydrogen) atoms. The maximum atomic E-state index is 5.43. The Morgan fingerprint density at radius 2 is 2.22 bits per heavy atom. The first-order chi connectivity index (χ1) is 4.06. The van der Waals surface area contributed by atoms with Crippen LogP contribution < -0.4 is 5.73 Å². The van der Waals surface area contributed by atoms with E-state index in [0.717, 1.165) is 5.57 Å². The lowest BCUT2D eigenvalue weighted by atomic mass is 9.99. The average Bonchev–Trinajstić information content (AvgIpc) is 1.86. The average molecular weight is 129 g/mol. The molecule has 54 valence electrons. The first-order valence-electron chi connectivity index (χ1n) is 2.98. The summed E-state index contributed by atoms with van der Waals surface area (Å²) in [4.78, 5) is 0. The molecule has 0 aromatic rings. The zero-order chi connectivity index (χ0) is 7.49. The van der Waals surface area contributed by atoms with Gasteiger partial charge in [0.1, 0.15) is 0 Å². The zero-order valence-electron chi connectivity index (χ0n) is 6.40. The van der Waals surface area contributed by atoms with E-state index < -0.39 is 0 Å². The van der Waals surface area contributed by atoms with Gasteiger partial charge < -0.3 is 10.5 Å². The van der Waals surface area contributed by atoms with Crippen LogP contribution in [0, 0.1) is 0 Å². The van der Waals surface area contributed by atoms with Gasteiger partial charge in [-0.15, -0.1) is 0 Å². The third-order valence-electron chi connectivity index (χ3n) is 1.74. The first-order valence-corrected chi connectivity index (χ1v) is 2.98. The monoisotopic (exact) mass is 129 g/mol. The molecule has 0 bridgehead atoms. The van der Waals surface area contributed by atoms with Crippen molar-refractivity contribution in [3.63, 3.8) is 0 Å². The Morgan fingerprint density at radius 1 is 1.78 bits per heavy atom. The van der Waals surface area contributed by atoms with Crippen LogP contribution in [0.5, 0.6) is 0 Å². The van der Waals surface area contributed by atoms with Crippen molar-refractivity contribution in [1.82, 2.24) is 0 Å². The molecule has 1 atom stereocenters. The van der Waals surface area contributed by atoms with Crippen LogP contribution in [-0.4, -0.2) is 19.3 Å². The summed E-state index contributed by atoms with van der Waals surface area (Å²) in [6.07, 6.45) is 0. The van der Waals surface area contributed by atoms with Crippen LogP contribution in [0.3, 0.4) is 0 Å². The Kier molecular flexibility index (Phi) is 2.88. The van der Waals surface area contributed by atoms with E-state index in [0.29, 0.717) is 6.54 Å². The van der Waals surface area contributed by atoms with Crippen molar-refractivity contribution < 1.29 is 4.74 Å². The zero-order valence-corrected chi connectivity index (χ0v) is 6.40. The number of rotatable bonds is 3. The lowest BCUT2D eigenvalue weighted by molar-refractivity contribution is 0.0465. The van der Waals surface area contributed by atoms with E-state index in [1.54, 1.807) is 7.11 Å².